The highest BCUT2D eigenvalue weighted by molar-refractivity contribution is 5.78. The molecule has 0 N–H and O–H groups in total. The van der Waals surface area contributed by atoms with E-state index in [4.69, 9.17) is 5.26 Å². The second kappa shape index (κ2) is 7.61. The number of carbonyl (C=O) groups excluding carboxylic acids is 1. The van der Waals surface area contributed by atoms with Gasteiger partial charge >= 0.3 is 0 Å². The third kappa shape index (κ3) is 4.32. The number of nitrogens with zero attached hydrogens (tertiary/aromatic N) is 3. The van der Waals surface area contributed by atoms with Crippen molar-refractivity contribution in [1.29, 1.82) is 5.26 Å². The zero-order chi connectivity index (χ0) is 15.1. The summed E-state index contributed by atoms with van der Waals surface area (Å²) in [5, 5.41) is 9.00. The van der Waals surface area contributed by atoms with Gasteiger partial charge in [-0.2, -0.15) is 5.26 Å². The number of likely N-dealkylation sites (N-methyl/N-ethyl adjacent to an activating group) is 2. The molecule has 0 aromatic heterocycles. The molecule has 0 aliphatic rings. The van der Waals surface area contributed by atoms with E-state index >= 15 is 0 Å². The first-order chi connectivity index (χ1) is 9.51. The molecule has 0 heterocycles. The quantitative estimate of drug-likeness (QED) is 0.799. The van der Waals surface area contributed by atoms with Gasteiger partial charge in [0.05, 0.1) is 18.2 Å². The molecule has 1 rings (SSSR count). The molecule has 1 aromatic rings. The summed E-state index contributed by atoms with van der Waals surface area (Å²) in [6.07, 6.45) is 0. The van der Waals surface area contributed by atoms with Gasteiger partial charge in [-0.25, -0.2) is 4.39 Å². The highest BCUT2D eigenvalue weighted by atomic mass is 19.1. The fourth-order valence-corrected chi connectivity index (χ4v) is 2.06. The lowest BCUT2D eigenvalue weighted by Gasteiger charge is -2.23. The third-order valence-corrected chi connectivity index (χ3v) is 3.15. The monoisotopic (exact) mass is 277 g/mol. The summed E-state index contributed by atoms with van der Waals surface area (Å²) >= 11 is 0. The van der Waals surface area contributed by atoms with Gasteiger partial charge in [0, 0.05) is 19.6 Å². The number of hydrogen-bond acceptors (Lipinski definition) is 3. The summed E-state index contributed by atoms with van der Waals surface area (Å²) < 4.78 is 13.2. The van der Waals surface area contributed by atoms with Crippen LogP contribution in [0.15, 0.2) is 18.2 Å². The zero-order valence-corrected chi connectivity index (χ0v) is 12.2. The van der Waals surface area contributed by atoms with Crippen molar-refractivity contribution in [1.82, 2.24) is 9.80 Å². The molecule has 0 bridgehead atoms. The van der Waals surface area contributed by atoms with E-state index in [9.17, 15) is 9.18 Å². The van der Waals surface area contributed by atoms with Crippen molar-refractivity contribution >= 4 is 5.91 Å². The molecule has 0 unspecified atom stereocenters. The molecule has 1 aromatic carbocycles. The van der Waals surface area contributed by atoms with Crippen LogP contribution in [0.5, 0.6) is 0 Å². The molecule has 0 aliphatic heterocycles. The van der Waals surface area contributed by atoms with E-state index in [1.807, 2.05) is 19.9 Å². The van der Waals surface area contributed by atoms with Gasteiger partial charge in [-0.05, 0) is 44.7 Å². The summed E-state index contributed by atoms with van der Waals surface area (Å²) in [6.45, 7) is 5.83. The minimum Gasteiger partial charge on any atom is -0.342 e. The van der Waals surface area contributed by atoms with Gasteiger partial charge in [0.15, 0.2) is 0 Å². The van der Waals surface area contributed by atoms with E-state index in [-0.39, 0.29) is 18.3 Å². The molecular weight excluding hydrogens is 257 g/mol. The molecular formula is C15H20FN3O. The first-order valence-electron chi connectivity index (χ1n) is 6.66. The van der Waals surface area contributed by atoms with Gasteiger partial charge in [0.25, 0.3) is 0 Å². The Morgan fingerprint density at radius 2 is 2.00 bits per heavy atom. The lowest BCUT2D eigenvalue weighted by atomic mass is 10.1. The Morgan fingerprint density at radius 1 is 1.35 bits per heavy atom. The molecule has 1 amide bonds. The Bertz CT molecular complexity index is 506. The maximum Gasteiger partial charge on any atom is 0.236 e. The van der Waals surface area contributed by atoms with Crippen molar-refractivity contribution in [3.8, 4) is 6.07 Å². The number of carbonyl (C=O) groups is 1. The summed E-state index contributed by atoms with van der Waals surface area (Å²) in [5.74, 6) is -0.338. The Kier molecular flexibility index (Phi) is 6.13. The number of rotatable bonds is 6. The number of benzene rings is 1. The van der Waals surface area contributed by atoms with E-state index in [0.29, 0.717) is 30.8 Å². The summed E-state index contributed by atoms with van der Waals surface area (Å²) in [6, 6.07) is 6.11. The van der Waals surface area contributed by atoms with Crippen LogP contribution >= 0.6 is 0 Å². The summed E-state index contributed by atoms with van der Waals surface area (Å²) in [5.41, 5.74) is 1.04. The largest absolute Gasteiger partial charge is 0.342 e. The highest BCUT2D eigenvalue weighted by Crippen LogP contribution is 2.12. The smallest absolute Gasteiger partial charge is 0.236 e. The van der Waals surface area contributed by atoms with Gasteiger partial charge in [-0.1, -0.05) is 0 Å². The van der Waals surface area contributed by atoms with Crippen molar-refractivity contribution in [2.45, 2.75) is 20.4 Å². The van der Waals surface area contributed by atoms with Crippen LogP contribution < -0.4 is 0 Å². The molecule has 0 aliphatic carbocycles. The molecule has 0 saturated carbocycles. The highest BCUT2D eigenvalue weighted by Gasteiger charge is 2.14. The number of hydrogen-bond donors (Lipinski definition) is 0. The van der Waals surface area contributed by atoms with Crippen LogP contribution in [0.2, 0.25) is 0 Å². The fraction of sp³-hybridized carbons (Fsp3) is 0.467. The summed E-state index contributed by atoms with van der Waals surface area (Å²) in [7, 11) is 1.79. The first kappa shape index (κ1) is 16.1. The average molecular weight is 277 g/mol. The lowest BCUT2D eigenvalue weighted by Crippen LogP contribution is -2.38. The second-order valence-corrected chi connectivity index (χ2v) is 4.65. The van der Waals surface area contributed by atoms with Crippen molar-refractivity contribution in [3.05, 3.63) is 35.1 Å². The molecule has 0 atom stereocenters. The predicted octanol–water partition coefficient (Wildman–Crippen LogP) is 2.00. The SMILES string of the molecule is CCN(CC)C(=O)CN(C)Cc1cc(F)ccc1C#N. The van der Waals surface area contributed by atoms with E-state index in [1.54, 1.807) is 16.8 Å². The Morgan fingerprint density at radius 3 is 2.55 bits per heavy atom. The van der Waals surface area contributed by atoms with Gasteiger partial charge < -0.3 is 4.90 Å². The molecule has 20 heavy (non-hydrogen) atoms. The van der Waals surface area contributed by atoms with Crippen molar-refractivity contribution in [2.75, 3.05) is 26.7 Å². The van der Waals surface area contributed by atoms with E-state index in [0.717, 1.165) is 0 Å². The zero-order valence-electron chi connectivity index (χ0n) is 12.2. The molecule has 0 fully saturated rings. The van der Waals surface area contributed by atoms with Crippen LogP contribution in [0.3, 0.4) is 0 Å². The standard InChI is InChI=1S/C15H20FN3O/c1-4-19(5-2)15(20)11-18(3)10-13-8-14(16)7-6-12(13)9-17/h6-8H,4-5,10-11H2,1-3H3. The Labute approximate surface area is 119 Å². The maximum absolute atomic E-state index is 13.2. The van der Waals surface area contributed by atoms with Gasteiger partial charge in [-0.15, -0.1) is 0 Å². The van der Waals surface area contributed by atoms with Gasteiger partial charge in [0.2, 0.25) is 5.91 Å². The average Bonchev–Trinajstić information content (AvgIpc) is 2.40. The van der Waals surface area contributed by atoms with Crippen molar-refractivity contribution < 1.29 is 9.18 Å². The molecule has 108 valence electrons. The van der Waals surface area contributed by atoms with Crippen molar-refractivity contribution in [3.63, 3.8) is 0 Å². The van der Waals surface area contributed by atoms with Crippen molar-refractivity contribution in [2.24, 2.45) is 0 Å². The lowest BCUT2D eigenvalue weighted by molar-refractivity contribution is -0.131. The number of amides is 1. The van der Waals surface area contributed by atoms with Crippen LogP contribution in [0.25, 0.3) is 0 Å². The molecule has 5 heteroatoms. The van der Waals surface area contributed by atoms with E-state index in [2.05, 4.69) is 0 Å². The number of nitriles is 1. The normalized spacial score (nSPS) is 10.4. The Balaban J connectivity index is 2.72. The molecule has 0 radical (unpaired) electrons. The van der Waals surface area contributed by atoms with Gasteiger partial charge in [-0.3, -0.25) is 9.69 Å². The fourth-order valence-electron chi connectivity index (χ4n) is 2.06. The van der Waals surface area contributed by atoms with Crippen LogP contribution in [0, 0.1) is 17.1 Å². The minimum atomic E-state index is -0.373. The van der Waals surface area contributed by atoms with Crippen LogP contribution in [0.1, 0.15) is 25.0 Å². The number of halogens is 1. The molecule has 4 nitrogen and oxygen atoms in total. The van der Waals surface area contributed by atoms with Crippen LogP contribution in [-0.4, -0.2) is 42.4 Å². The molecule has 0 saturated heterocycles. The van der Waals surface area contributed by atoms with E-state index in [1.165, 1.54) is 18.2 Å². The first-order valence-corrected chi connectivity index (χ1v) is 6.66. The third-order valence-electron chi connectivity index (χ3n) is 3.15. The predicted molar refractivity (Wildman–Crippen MR) is 75.4 cm³/mol. The van der Waals surface area contributed by atoms with E-state index < -0.39 is 0 Å². The Hall–Kier alpha value is -1.93. The molecule has 0 spiro atoms. The van der Waals surface area contributed by atoms with Crippen LogP contribution in [-0.2, 0) is 11.3 Å². The second-order valence-electron chi connectivity index (χ2n) is 4.65. The summed E-state index contributed by atoms with van der Waals surface area (Å²) in [4.78, 5) is 15.5. The topological polar surface area (TPSA) is 47.3 Å². The van der Waals surface area contributed by atoms with Crippen LogP contribution in [0.4, 0.5) is 4.39 Å². The van der Waals surface area contributed by atoms with Gasteiger partial charge in [0.1, 0.15) is 5.82 Å². The maximum atomic E-state index is 13.2. The minimum absolute atomic E-state index is 0.0346.